The largest absolute Gasteiger partial charge is 0.383 e. The van der Waals surface area contributed by atoms with E-state index in [0.717, 1.165) is 5.56 Å². The molecule has 5 heteroatoms. The summed E-state index contributed by atoms with van der Waals surface area (Å²) in [6.07, 6.45) is 0. The maximum atomic E-state index is 8.66. The van der Waals surface area contributed by atoms with Gasteiger partial charge in [0.25, 0.3) is 0 Å². The molecule has 0 fully saturated rings. The van der Waals surface area contributed by atoms with Gasteiger partial charge in [-0.15, -0.1) is 0 Å². The van der Waals surface area contributed by atoms with E-state index in [9.17, 15) is 0 Å². The Labute approximate surface area is 107 Å². The molecule has 0 aliphatic heterocycles. The molecule has 0 heterocycles. The van der Waals surface area contributed by atoms with Crippen molar-refractivity contribution in [2.45, 2.75) is 6.54 Å². The van der Waals surface area contributed by atoms with Gasteiger partial charge in [0.2, 0.25) is 0 Å². The van der Waals surface area contributed by atoms with Gasteiger partial charge in [-0.05, 0) is 29.9 Å². The van der Waals surface area contributed by atoms with Crippen molar-refractivity contribution in [1.82, 2.24) is 10.6 Å². The number of nitriles is 1. The molecule has 0 aliphatic rings. The van der Waals surface area contributed by atoms with Crippen molar-refractivity contribution in [1.29, 1.82) is 5.26 Å². The summed E-state index contributed by atoms with van der Waals surface area (Å²) in [6, 6.07) is 9.47. The van der Waals surface area contributed by atoms with Crippen LogP contribution >= 0.6 is 12.2 Å². The molecule has 0 bridgehead atoms. The summed E-state index contributed by atoms with van der Waals surface area (Å²) in [5.41, 5.74) is 1.74. The SMILES string of the molecule is COCCNC(=S)NCc1ccc(C#N)cc1. The molecule has 1 rings (SSSR count). The first kappa shape index (κ1) is 13.4. The van der Waals surface area contributed by atoms with Crippen LogP contribution in [0, 0.1) is 11.3 Å². The summed E-state index contributed by atoms with van der Waals surface area (Å²) in [7, 11) is 1.65. The molecule has 0 unspecified atom stereocenters. The number of hydrogen-bond acceptors (Lipinski definition) is 3. The fourth-order valence-electron chi connectivity index (χ4n) is 1.21. The molecule has 0 saturated carbocycles. The molecule has 4 nitrogen and oxygen atoms in total. The number of rotatable bonds is 5. The lowest BCUT2D eigenvalue weighted by molar-refractivity contribution is 0.204. The summed E-state index contributed by atoms with van der Waals surface area (Å²) in [4.78, 5) is 0. The van der Waals surface area contributed by atoms with E-state index in [1.807, 2.05) is 12.1 Å². The predicted octanol–water partition coefficient (Wildman–Crippen LogP) is 1.17. The minimum absolute atomic E-state index is 0.603. The van der Waals surface area contributed by atoms with Crippen LogP contribution in [-0.4, -0.2) is 25.4 Å². The van der Waals surface area contributed by atoms with Crippen molar-refractivity contribution in [2.24, 2.45) is 0 Å². The summed E-state index contributed by atoms with van der Waals surface area (Å²) in [5.74, 6) is 0. The van der Waals surface area contributed by atoms with E-state index < -0.39 is 0 Å². The Bertz CT molecular complexity index is 397. The lowest BCUT2D eigenvalue weighted by atomic mass is 10.1. The highest BCUT2D eigenvalue weighted by Crippen LogP contribution is 2.02. The van der Waals surface area contributed by atoms with Gasteiger partial charge in [0.15, 0.2) is 5.11 Å². The van der Waals surface area contributed by atoms with Crippen LogP contribution in [0.2, 0.25) is 0 Å². The Morgan fingerprint density at radius 2 is 2.06 bits per heavy atom. The highest BCUT2D eigenvalue weighted by molar-refractivity contribution is 7.80. The molecule has 0 radical (unpaired) electrons. The maximum Gasteiger partial charge on any atom is 0.166 e. The average Bonchev–Trinajstić information content (AvgIpc) is 2.37. The van der Waals surface area contributed by atoms with E-state index in [0.29, 0.717) is 30.4 Å². The van der Waals surface area contributed by atoms with Gasteiger partial charge < -0.3 is 15.4 Å². The van der Waals surface area contributed by atoms with E-state index in [-0.39, 0.29) is 0 Å². The van der Waals surface area contributed by atoms with Gasteiger partial charge >= 0.3 is 0 Å². The first-order valence-electron chi connectivity index (χ1n) is 5.26. The van der Waals surface area contributed by atoms with Crippen molar-refractivity contribution in [3.63, 3.8) is 0 Å². The summed E-state index contributed by atoms with van der Waals surface area (Å²) in [5, 5.41) is 15.4. The Kier molecular flexibility index (Phi) is 6.00. The Balaban J connectivity index is 2.30. The number of hydrogen-bond donors (Lipinski definition) is 2. The van der Waals surface area contributed by atoms with Crippen LogP contribution in [0.4, 0.5) is 0 Å². The van der Waals surface area contributed by atoms with Crippen LogP contribution < -0.4 is 10.6 Å². The monoisotopic (exact) mass is 249 g/mol. The number of ether oxygens (including phenoxy) is 1. The van der Waals surface area contributed by atoms with Gasteiger partial charge in [0.1, 0.15) is 0 Å². The second-order valence-electron chi connectivity index (χ2n) is 3.41. The summed E-state index contributed by atoms with van der Waals surface area (Å²) >= 11 is 5.09. The van der Waals surface area contributed by atoms with Gasteiger partial charge in [-0.3, -0.25) is 0 Å². The normalized spacial score (nSPS) is 9.41. The van der Waals surface area contributed by atoms with Crippen LogP contribution in [0.1, 0.15) is 11.1 Å². The zero-order valence-corrected chi connectivity index (χ0v) is 10.5. The number of thiocarbonyl (C=S) groups is 1. The Morgan fingerprint density at radius 3 is 2.65 bits per heavy atom. The smallest absolute Gasteiger partial charge is 0.166 e. The van der Waals surface area contributed by atoms with Gasteiger partial charge in [-0.1, -0.05) is 12.1 Å². The Morgan fingerprint density at radius 1 is 1.35 bits per heavy atom. The topological polar surface area (TPSA) is 57.1 Å². The molecule has 0 spiro atoms. The third-order valence-electron chi connectivity index (χ3n) is 2.13. The first-order valence-corrected chi connectivity index (χ1v) is 5.66. The second kappa shape index (κ2) is 7.60. The van der Waals surface area contributed by atoms with E-state index in [1.54, 1.807) is 19.2 Å². The van der Waals surface area contributed by atoms with E-state index in [1.165, 1.54) is 0 Å². The number of nitrogens with zero attached hydrogens (tertiary/aromatic N) is 1. The molecule has 0 aromatic heterocycles. The molecule has 17 heavy (non-hydrogen) atoms. The lowest BCUT2D eigenvalue weighted by Crippen LogP contribution is -2.36. The number of nitrogens with one attached hydrogen (secondary N) is 2. The first-order chi connectivity index (χ1) is 8.26. The molecule has 1 aromatic carbocycles. The maximum absolute atomic E-state index is 8.66. The molecule has 0 amide bonds. The Hall–Kier alpha value is -1.64. The molecular weight excluding hydrogens is 234 g/mol. The zero-order valence-electron chi connectivity index (χ0n) is 9.69. The quantitative estimate of drug-likeness (QED) is 0.606. The molecule has 1 aromatic rings. The van der Waals surface area contributed by atoms with Gasteiger partial charge in [0, 0.05) is 20.2 Å². The van der Waals surface area contributed by atoms with Gasteiger partial charge in [-0.2, -0.15) is 5.26 Å². The molecule has 90 valence electrons. The van der Waals surface area contributed by atoms with Crippen LogP contribution in [0.5, 0.6) is 0 Å². The zero-order chi connectivity index (χ0) is 12.5. The molecular formula is C12H15N3OS. The van der Waals surface area contributed by atoms with Crippen LogP contribution in [0.15, 0.2) is 24.3 Å². The van der Waals surface area contributed by atoms with E-state index >= 15 is 0 Å². The lowest BCUT2D eigenvalue weighted by Gasteiger charge is -2.09. The molecule has 0 atom stereocenters. The molecule has 0 aliphatic carbocycles. The highest BCUT2D eigenvalue weighted by Gasteiger charge is 1.96. The van der Waals surface area contributed by atoms with Gasteiger partial charge in [-0.25, -0.2) is 0 Å². The van der Waals surface area contributed by atoms with Gasteiger partial charge in [0.05, 0.1) is 18.2 Å². The van der Waals surface area contributed by atoms with Crippen molar-refractivity contribution < 1.29 is 4.74 Å². The minimum atomic E-state index is 0.603. The summed E-state index contributed by atoms with van der Waals surface area (Å²) in [6.45, 7) is 1.96. The average molecular weight is 249 g/mol. The molecule has 0 saturated heterocycles. The fourth-order valence-corrected chi connectivity index (χ4v) is 1.38. The third-order valence-corrected chi connectivity index (χ3v) is 2.42. The van der Waals surface area contributed by atoms with Crippen LogP contribution in [-0.2, 0) is 11.3 Å². The van der Waals surface area contributed by atoms with Crippen LogP contribution in [0.25, 0.3) is 0 Å². The van der Waals surface area contributed by atoms with E-state index in [2.05, 4.69) is 16.7 Å². The van der Waals surface area contributed by atoms with E-state index in [4.69, 9.17) is 22.2 Å². The number of methoxy groups -OCH3 is 1. The third kappa shape index (κ3) is 5.29. The number of benzene rings is 1. The van der Waals surface area contributed by atoms with Crippen molar-refractivity contribution in [3.8, 4) is 6.07 Å². The predicted molar refractivity (Wildman–Crippen MR) is 70.5 cm³/mol. The second-order valence-corrected chi connectivity index (χ2v) is 3.82. The van der Waals surface area contributed by atoms with Crippen molar-refractivity contribution >= 4 is 17.3 Å². The minimum Gasteiger partial charge on any atom is -0.383 e. The fraction of sp³-hybridized carbons (Fsp3) is 0.333. The van der Waals surface area contributed by atoms with Crippen molar-refractivity contribution in [2.75, 3.05) is 20.3 Å². The standard InChI is InChI=1S/C12H15N3OS/c1-16-7-6-14-12(17)15-9-11-4-2-10(8-13)3-5-11/h2-5H,6-7,9H2,1H3,(H2,14,15,17). The van der Waals surface area contributed by atoms with Crippen LogP contribution in [0.3, 0.4) is 0 Å². The van der Waals surface area contributed by atoms with Crippen molar-refractivity contribution in [3.05, 3.63) is 35.4 Å². The highest BCUT2D eigenvalue weighted by atomic mass is 32.1. The summed E-state index contributed by atoms with van der Waals surface area (Å²) < 4.78 is 4.90. The molecule has 2 N–H and O–H groups in total.